The predicted molar refractivity (Wildman–Crippen MR) is 84.7 cm³/mol. The number of hydrogen-bond donors (Lipinski definition) is 2. The molecule has 0 saturated heterocycles. The van der Waals surface area contributed by atoms with Crippen molar-refractivity contribution in [1.82, 2.24) is 0 Å². The molecule has 0 fully saturated rings. The van der Waals surface area contributed by atoms with Crippen LogP contribution < -0.4 is 10.1 Å². The molecule has 0 aromatic heterocycles. The molecule has 2 rings (SSSR count). The Bertz CT molecular complexity index is 790. The summed E-state index contributed by atoms with van der Waals surface area (Å²) in [5, 5.41) is 12.0. The third-order valence-corrected chi connectivity index (χ3v) is 3.13. The van der Waals surface area contributed by atoms with Crippen LogP contribution in [-0.2, 0) is 9.53 Å². The maximum Gasteiger partial charge on any atom is 0.573 e. The highest BCUT2D eigenvalue weighted by Gasteiger charge is 2.31. The number of esters is 1. The third kappa shape index (κ3) is 5.40. The molecule has 9 heteroatoms. The van der Waals surface area contributed by atoms with Crippen molar-refractivity contribution in [2.24, 2.45) is 0 Å². The fourth-order valence-electron chi connectivity index (χ4n) is 1.91. The maximum absolute atomic E-state index is 12.1. The van der Waals surface area contributed by atoms with E-state index in [4.69, 9.17) is 4.74 Å². The minimum atomic E-state index is -4.81. The standard InChI is InChI=1S/C17H14F3NO5/c1-10(25-16(24)13-4-2-3-5-14(13)22)15(23)21-11-6-8-12(9-7-11)26-17(18,19)20/h2-10,22H,1H3,(H,21,23). The molecular weight excluding hydrogens is 355 g/mol. The lowest BCUT2D eigenvalue weighted by Gasteiger charge is -2.14. The summed E-state index contributed by atoms with van der Waals surface area (Å²) >= 11 is 0. The molecular formula is C17H14F3NO5. The number of para-hydroxylation sites is 1. The van der Waals surface area contributed by atoms with Crippen molar-refractivity contribution in [3.05, 3.63) is 54.1 Å². The summed E-state index contributed by atoms with van der Waals surface area (Å²) in [5.74, 6) is -2.31. The van der Waals surface area contributed by atoms with Gasteiger partial charge in [0.25, 0.3) is 5.91 Å². The van der Waals surface area contributed by atoms with Gasteiger partial charge in [0.15, 0.2) is 6.10 Å². The molecule has 0 heterocycles. The van der Waals surface area contributed by atoms with Gasteiger partial charge in [-0.25, -0.2) is 4.79 Å². The first-order valence-corrected chi connectivity index (χ1v) is 7.31. The van der Waals surface area contributed by atoms with Gasteiger partial charge in [-0.2, -0.15) is 0 Å². The molecule has 0 radical (unpaired) electrons. The molecule has 26 heavy (non-hydrogen) atoms. The van der Waals surface area contributed by atoms with Gasteiger partial charge >= 0.3 is 12.3 Å². The van der Waals surface area contributed by atoms with E-state index in [0.29, 0.717) is 0 Å². The van der Waals surface area contributed by atoms with Crippen molar-refractivity contribution >= 4 is 17.6 Å². The van der Waals surface area contributed by atoms with E-state index in [-0.39, 0.29) is 17.0 Å². The lowest BCUT2D eigenvalue weighted by atomic mass is 10.2. The van der Waals surface area contributed by atoms with E-state index in [1.165, 1.54) is 43.3 Å². The van der Waals surface area contributed by atoms with E-state index in [0.717, 1.165) is 12.1 Å². The van der Waals surface area contributed by atoms with Crippen molar-refractivity contribution in [1.29, 1.82) is 0 Å². The number of phenols is 1. The lowest BCUT2D eigenvalue weighted by Crippen LogP contribution is -2.30. The average Bonchev–Trinajstić information content (AvgIpc) is 2.55. The Hall–Kier alpha value is -3.23. The second kappa shape index (κ2) is 7.77. The van der Waals surface area contributed by atoms with E-state index in [9.17, 15) is 27.9 Å². The Morgan fingerprint density at radius 1 is 1.08 bits per heavy atom. The Morgan fingerprint density at radius 3 is 2.27 bits per heavy atom. The zero-order valence-electron chi connectivity index (χ0n) is 13.4. The average molecular weight is 369 g/mol. The number of rotatable bonds is 5. The van der Waals surface area contributed by atoms with Crippen LogP contribution in [0.4, 0.5) is 18.9 Å². The van der Waals surface area contributed by atoms with Gasteiger partial charge in [0, 0.05) is 5.69 Å². The molecule has 0 aliphatic rings. The molecule has 6 nitrogen and oxygen atoms in total. The number of amides is 1. The maximum atomic E-state index is 12.1. The lowest BCUT2D eigenvalue weighted by molar-refractivity contribution is -0.274. The number of hydrogen-bond acceptors (Lipinski definition) is 5. The Labute approximate surface area is 146 Å². The van der Waals surface area contributed by atoms with Crippen LogP contribution in [0.2, 0.25) is 0 Å². The van der Waals surface area contributed by atoms with Crippen molar-refractivity contribution in [2.45, 2.75) is 19.4 Å². The van der Waals surface area contributed by atoms with E-state index in [1.54, 1.807) is 0 Å². The van der Waals surface area contributed by atoms with E-state index in [2.05, 4.69) is 10.1 Å². The summed E-state index contributed by atoms with van der Waals surface area (Å²) < 4.78 is 44.9. The van der Waals surface area contributed by atoms with Crippen LogP contribution in [0.5, 0.6) is 11.5 Å². The largest absolute Gasteiger partial charge is 0.573 e. The number of carbonyl (C=O) groups is 2. The number of phenolic OH excluding ortho intramolecular Hbond substituents is 1. The second-order valence-electron chi connectivity index (χ2n) is 5.13. The molecule has 1 atom stereocenters. The smallest absolute Gasteiger partial charge is 0.507 e. The van der Waals surface area contributed by atoms with Crippen molar-refractivity contribution in [3.63, 3.8) is 0 Å². The van der Waals surface area contributed by atoms with Gasteiger partial charge in [0.2, 0.25) is 0 Å². The summed E-state index contributed by atoms with van der Waals surface area (Å²) in [7, 11) is 0. The molecule has 2 aromatic rings. The minimum absolute atomic E-state index is 0.0965. The fraction of sp³-hybridized carbons (Fsp3) is 0.176. The van der Waals surface area contributed by atoms with Crippen LogP contribution in [0.25, 0.3) is 0 Å². The summed E-state index contributed by atoms with van der Waals surface area (Å²) in [5.41, 5.74) is 0.0933. The van der Waals surface area contributed by atoms with Crippen molar-refractivity contribution < 1.29 is 37.3 Å². The zero-order chi connectivity index (χ0) is 19.3. The Balaban J connectivity index is 1.94. The van der Waals surface area contributed by atoms with Crippen LogP contribution in [-0.4, -0.2) is 29.4 Å². The van der Waals surface area contributed by atoms with Gasteiger partial charge in [0.05, 0.1) is 0 Å². The van der Waals surface area contributed by atoms with E-state index >= 15 is 0 Å². The van der Waals surface area contributed by atoms with Gasteiger partial charge < -0.3 is 19.9 Å². The molecule has 1 amide bonds. The molecule has 0 saturated carbocycles. The van der Waals surface area contributed by atoms with Crippen LogP contribution in [0.3, 0.4) is 0 Å². The molecule has 0 bridgehead atoms. The van der Waals surface area contributed by atoms with Gasteiger partial charge in [-0.1, -0.05) is 12.1 Å². The van der Waals surface area contributed by atoms with Gasteiger partial charge in [-0.3, -0.25) is 4.79 Å². The molecule has 138 valence electrons. The summed E-state index contributed by atoms with van der Waals surface area (Å²) in [4.78, 5) is 23.9. The normalized spacial score (nSPS) is 12.2. The fourth-order valence-corrected chi connectivity index (χ4v) is 1.91. The molecule has 0 spiro atoms. The number of benzene rings is 2. The van der Waals surface area contributed by atoms with Crippen molar-refractivity contribution in [3.8, 4) is 11.5 Å². The highest BCUT2D eigenvalue weighted by Crippen LogP contribution is 2.24. The quantitative estimate of drug-likeness (QED) is 0.789. The second-order valence-corrected chi connectivity index (χ2v) is 5.13. The van der Waals surface area contributed by atoms with Crippen LogP contribution >= 0.6 is 0 Å². The van der Waals surface area contributed by atoms with Gasteiger partial charge in [-0.15, -0.1) is 13.2 Å². The molecule has 2 aromatic carbocycles. The number of halogens is 3. The number of carbonyl (C=O) groups excluding carboxylic acids is 2. The molecule has 1 unspecified atom stereocenters. The molecule has 0 aliphatic heterocycles. The van der Waals surface area contributed by atoms with E-state index < -0.39 is 30.1 Å². The molecule has 0 aliphatic carbocycles. The van der Waals surface area contributed by atoms with Gasteiger partial charge in [0.1, 0.15) is 17.1 Å². The number of nitrogens with one attached hydrogen (secondary N) is 1. The Morgan fingerprint density at radius 2 is 1.69 bits per heavy atom. The number of aromatic hydroxyl groups is 1. The van der Waals surface area contributed by atoms with E-state index in [1.807, 2.05) is 0 Å². The first-order chi connectivity index (χ1) is 12.2. The Kier molecular flexibility index (Phi) is 5.71. The third-order valence-electron chi connectivity index (χ3n) is 3.13. The highest BCUT2D eigenvalue weighted by molar-refractivity contribution is 5.98. The van der Waals surface area contributed by atoms with Crippen LogP contribution in [0.1, 0.15) is 17.3 Å². The minimum Gasteiger partial charge on any atom is -0.507 e. The van der Waals surface area contributed by atoms with Gasteiger partial charge in [-0.05, 0) is 43.3 Å². The first-order valence-electron chi connectivity index (χ1n) is 7.31. The highest BCUT2D eigenvalue weighted by atomic mass is 19.4. The summed E-state index contributed by atoms with van der Waals surface area (Å²) in [6.45, 7) is 1.31. The monoisotopic (exact) mass is 369 g/mol. The predicted octanol–water partition coefficient (Wildman–Crippen LogP) is 3.47. The summed E-state index contributed by atoms with van der Waals surface area (Å²) in [6, 6.07) is 10.1. The van der Waals surface area contributed by atoms with Crippen molar-refractivity contribution in [2.75, 3.05) is 5.32 Å². The van der Waals surface area contributed by atoms with Crippen LogP contribution in [0.15, 0.2) is 48.5 Å². The number of anilines is 1. The first kappa shape index (κ1) is 19.1. The summed E-state index contributed by atoms with van der Waals surface area (Å²) in [6.07, 6.45) is -6.01. The van der Waals surface area contributed by atoms with Crippen LogP contribution in [0, 0.1) is 0 Å². The number of alkyl halides is 3. The molecule has 2 N–H and O–H groups in total. The zero-order valence-corrected chi connectivity index (χ0v) is 13.4. The topological polar surface area (TPSA) is 84.9 Å². The SMILES string of the molecule is CC(OC(=O)c1ccccc1O)C(=O)Nc1ccc(OC(F)(F)F)cc1. The number of ether oxygens (including phenoxy) is 2.